The molecule has 1 atom stereocenters. The van der Waals surface area contributed by atoms with E-state index in [4.69, 9.17) is 14.0 Å². The SMILES string of the molecule is CCC(Oc1ccc(OC)cc1)C(=O)NCc1nc(-c2ccccc2)no1. The summed E-state index contributed by atoms with van der Waals surface area (Å²) >= 11 is 0. The van der Waals surface area contributed by atoms with Gasteiger partial charge in [-0.1, -0.05) is 42.4 Å². The molecule has 0 aliphatic heterocycles. The van der Waals surface area contributed by atoms with Crippen LogP contribution in [0.4, 0.5) is 0 Å². The Labute approximate surface area is 157 Å². The van der Waals surface area contributed by atoms with Gasteiger partial charge in [-0.15, -0.1) is 0 Å². The Hall–Kier alpha value is -3.35. The average molecular weight is 367 g/mol. The third-order valence-electron chi connectivity index (χ3n) is 3.91. The lowest BCUT2D eigenvalue weighted by atomic mass is 10.2. The first kappa shape index (κ1) is 18.4. The lowest BCUT2D eigenvalue weighted by Crippen LogP contribution is -2.37. The third-order valence-corrected chi connectivity index (χ3v) is 3.91. The van der Waals surface area contributed by atoms with Gasteiger partial charge >= 0.3 is 0 Å². The maximum Gasteiger partial charge on any atom is 0.261 e. The molecule has 1 amide bonds. The first-order valence-electron chi connectivity index (χ1n) is 8.66. The number of methoxy groups -OCH3 is 1. The molecule has 0 fully saturated rings. The van der Waals surface area contributed by atoms with Crippen LogP contribution in [-0.2, 0) is 11.3 Å². The summed E-state index contributed by atoms with van der Waals surface area (Å²) in [5.74, 6) is 1.91. The summed E-state index contributed by atoms with van der Waals surface area (Å²) in [5, 5.41) is 6.71. The predicted octanol–water partition coefficient (Wildman–Crippen LogP) is 3.22. The minimum atomic E-state index is -0.616. The van der Waals surface area contributed by atoms with Gasteiger partial charge in [-0.2, -0.15) is 4.98 Å². The number of hydrogen-bond donors (Lipinski definition) is 1. The summed E-state index contributed by atoms with van der Waals surface area (Å²) in [6.07, 6.45) is -0.0911. The van der Waals surface area contributed by atoms with Crippen LogP contribution in [0.15, 0.2) is 59.1 Å². The van der Waals surface area contributed by atoms with Gasteiger partial charge in [-0.05, 0) is 30.7 Å². The van der Waals surface area contributed by atoms with Crippen LogP contribution in [0.25, 0.3) is 11.4 Å². The molecule has 7 nitrogen and oxygen atoms in total. The van der Waals surface area contributed by atoms with E-state index in [-0.39, 0.29) is 12.5 Å². The molecule has 0 spiro atoms. The largest absolute Gasteiger partial charge is 0.497 e. The van der Waals surface area contributed by atoms with E-state index in [1.807, 2.05) is 37.3 Å². The van der Waals surface area contributed by atoms with Crippen LogP contribution in [0, 0.1) is 0 Å². The molecule has 140 valence electrons. The maximum atomic E-state index is 12.4. The van der Waals surface area contributed by atoms with Crippen LogP contribution in [0.2, 0.25) is 0 Å². The molecule has 0 aliphatic carbocycles. The van der Waals surface area contributed by atoms with E-state index in [0.717, 1.165) is 11.3 Å². The van der Waals surface area contributed by atoms with Gasteiger partial charge in [0.2, 0.25) is 11.7 Å². The van der Waals surface area contributed by atoms with Crippen LogP contribution >= 0.6 is 0 Å². The molecule has 0 bridgehead atoms. The van der Waals surface area contributed by atoms with E-state index < -0.39 is 6.10 Å². The van der Waals surface area contributed by atoms with Gasteiger partial charge in [0, 0.05) is 5.56 Å². The van der Waals surface area contributed by atoms with Crippen LogP contribution in [-0.4, -0.2) is 29.3 Å². The van der Waals surface area contributed by atoms with Gasteiger partial charge in [-0.25, -0.2) is 0 Å². The Morgan fingerprint density at radius 1 is 1.11 bits per heavy atom. The van der Waals surface area contributed by atoms with Crippen LogP contribution < -0.4 is 14.8 Å². The topological polar surface area (TPSA) is 86.5 Å². The summed E-state index contributed by atoms with van der Waals surface area (Å²) < 4.78 is 16.1. The average Bonchev–Trinajstić information content (AvgIpc) is 3.20. The molecule has 0 saturated carbocycles. The monoisotopic (exact) mass is 367 g/mol. The maximum absolute atomic E-state index is 12.4. The minimum absolute atomic E-state index is 0.140. The molecule has 1 N–H and O–H groups in total. The molecule has 1 heterocycles. The molecule has 2 aromatic carbocycles. The molecule has 27 heavy (non-hydrogen) atoms. The second kappa shape index (κ2) is 8.84. The normalized spacial score (nSPS) is 11.6. The molecule has 3 rings (SSSR count). The highest BCUT2D eigenvalue weighted by atomic mass is 16.5. The van der Waals surface area contributed by atoms with E-state index in [9.17, 15) is 4.79 Å². The predicted molar refractivity (Wildman–Crippen MR) is 99.3 cm³/mol. The highest BCUT2D eigenvalue weighted by Crippen LogP contribution is 2.19. The number of carbonyl (C=O) groups excluding carboxylic acids is 1. The fourth-order valence-corrected chi connectivity index (χ4v) is 2.45. The molecular formula is C20H21N3O4. The molecule has 3 aromatic rings. The third kappa shape index (κ3) is 4.84. The molecule has 1 aromatic heterocycles. The Balaban J connectivity index is 1.56. The zero-order chi connectivity index (χ0) is 19.1. The Morgan fingerprint density at radius 3 is 2.48 bits per heavy atom. The Morgan fingerprint density at radius 2 is 1.81 bits per heavy atom. The van der Waals surface area contributed by atoms with E-state index in [1.165, 1.54) is 0 Å². The molecule has 0 saturated heterocycles. The van der Waals surface area contributed by atoms with Gasteiger partial charge < -0.3 is 19.3 Å². The molecule has 1 unspecified atom stereocenters. The Kier molecular flexibility index (Phi) is 6.04. The minimum Gasteiger partial charge on any atom is -0.497 e. The van der Waals surface area contributed by atoms with Crippen molar-refractivity contribution >= 4 is 5.91 Å². The standard InChI is InChI=1S/C20H21N3O4/c1-3-17(26-16-11-9-15(25-2)10-12-16)20(24)21-13-18-22-19(23-27-18)14-7-5-4-6-8-14/h4-12,17H,3,13H2,1-2H3,(H,21,24). The summed E-state index contributed by atoms with van der Waals surface area (Å²) in [5.41, 5.74) is 0.855. The number of rotatable bonds is 8. The van der Waals surface area contributed by atoms with E-state index in [1.54, 1.807) is 31.4 Å². The number of hydrogen-bond acceptors (Lipinski definition) is 6. The number of nitrogens with one attached hydrogen (secondary N) is 1. The summed E-state index contributed by atoms with van der Waals surface area (Å²) in [7, 11) is 1.60. The van der Waals surface area contributed by atoms with Crippen molar-refractivity contribution in [2.24, 2.45) is 0 Å². The van der Waals surface area contributed by atoms with Gasteiger partial charge in [0.1, 0.15) is 11.5 Å². The number of ether oxygens (including phenoxy) is 2. The fourth-order valence-electron chi connectivity index (χ4n) is 2.45. The van der Waals surface area contributed by atoms with Crippen LogP contribution in [0.3, 0.4) is 0 Å². The molecule has 0 radical (unpaired) electrons. The summed E-state index contributed by atoms with van der Waals surface area (Å²) in [4.78, 5) is 16.7. The molecule has 7 heteroatoms. The van der Waals surface area contributed by atoms with E-state index in [0.29, 0.717) is 23.9 Å². The van der Waals surface area contributed by atoms with Crippen molar-refractivity contribution in [3.63, 3.8) is 0 Å². The van der Waals surface area contributed by atoms with E-state index >= 15 is 0 Å². The van der Waals surface area contributed by atoms with Gasteiger partial charge in [0.15, 0.2) is 6.10 Å². The van der Waals surface area contributed by atoms with Crippen molar-refractivity contribution in [3.8, 4) is 22.9 Å². The zero-order valence-corrected chi connectivity index (χ0v) is 15.2. The number of benzene rings is 2. The van der Waals surface area contributed by atoms with Crippen molar-refractivity contribution in [1.29, 1.82) is 0 Å². The number of aromatic nitrogens is 2. The van der Waals surface area contributed by atoms with Crippen molar-refractivity contribution in [2.45, 2.75) is 26.0 Å². The zero-order valence-electron chi connectivity index (χ0n) is 15.2. The van der Waals surface area contributed by atoms with Gasteiger partial charge in [-0.3, -0.25) is 4.79 Å². The van der Waals surface area contributed by atoms with Crippen LogP contribution in [0.1, 0.15) is 19.2 Å². The number of amides is 1. The second-order valence-corrected chi connectivity index (χ2v) is 5.79. The summed E-state index contributed by atoms with van der Waals surface area (Å²) in [6.45, 7) is 2.02. The second-order valence-electron chi connectivity index (χ2n) is 5.79. The first-order valence-corrected chi connectivity index (χ1v) is 8.66. The number of nitrogens with zero attached hydrogens (tertiary/aromatic N) is 2. The summed E-state index contributed by atoms with van der Waals surface area (Å²) in [6, 6.07) is 16.6. The van der Waals surface area contributed by atoms with Crippen molar-refractivity contribution in [3.05, 3.63) is 60.5 Å². The van der Waals surface area contributed by atoms with Crippen molar-refractivity contribution < 1.29 is 18.8 Å². The Bertz CT molecular complexity index is 862. The number of carbonyl (C=O) groups is 1. The quantitative estimate of drug-likeness (QED) is 0.658. The highest BCUT2D eigenvalue weighted by molar-refractivity contribution is 5.81. The van der Waals surface area contributed by atoms with Gasteiger partial charge in [0.05, 0.1) is 13.7 Å². The molecular weight excluding hydrogens is 346 g/mol. The lowest BCUT2D eigenvalue weighted by molar-refractivity contribution is -0.128. The fraction of sp³-hybridized carbons (Fsp3) is 0.250. The first-order chi connectivity index (χ1) is 13.2. The van der Waals surface area contributed by atoms with Gasteiger partial charge in [0.25, 0.3) is 5.91 Å². The van der Waals surface area contributed by atoms with Crippen LogP contribution in [0.5, 0.6) is 11.5 Å². The smallest absolute Gasteiger partial charge is 0.261 e. The highest BCUT2D eigenvalue weighted by Gasteiger charge is 2.19. The molecule has 0 aliphatic rings. The lowest BCUT2D eigenvalue weighted by Gasteiger charge is -2.16. The van der Waals surface area contributed by atoms with Crippen molar-refractivity contribution in [2.75, 3.05) is 7.11 Å². The van der Waals surface area contributed by atoms with E-state index in [2.05, 4.69) is 15.5 Å². The van der Waals surface area contributed by atoms with Crippen molar-refractivity contribution in [1.82, 2.24) is 15.5 Å².